The number of carbonyl (C=O) groups excluding carboxylic acids is 1. The standard InChI is InChI=1S/C23H28N4O3S2/c1-5-27-20(15-32(29,30)18-11-7-6-8-12-18)25-26-23(27)31-14-21(28)24-22-17(4)10-9-13-19(22)16(2)3/h6-13,16H,5,14-15H2,1-4H3,(H,24,28). The maximum absolute atomic E-state index is 12.7. The van der Waals surface area contributed by atoms with Gasteiger partial charge >= 0.3 is 0 Å². The molecule has 0 bridgehead atoms. The van der Waals surface area contributed by atoms with E-state index in [9.17, 15) is 13.2 Å². The van der Waals surface area contributed by atoms with Crippen LogP contribution in [0.1, 0.15) is 43.6 Å². The first kappa shape index (κ1) is 24.0. The Morgan fingerprint density at radius 2 is 1.81 bits per heavy atom. The second kappa shape index (κ2) is 10.3. The number of carbonyl (C=O) groups is 1. The fraction of sp³-hybridized carbons (Fsp3) is 0.348. The molecule has 9 heteroatoms. The quantitative estimate of drug-likeness (QED) is 0.463. The summed E-state index contributed by atoms with van der Waals surface area (Å²) in [5.41, 5.74) is 2.95. The van der Waals surface area contributed by atoms with Gasteiger partial charge in [-0.25, -0.2) is 8.42 Å². The van der Waals surface area contributed by atoms with Crippen molar-refractivity contribution in [2.45, 2.75) is 56.0 Å². The molecule has 0 saturated heterocycles. The highest BCUT2D eigenvalue weighted by Gasteiger charge is 2.21. The zero-order valence-electron chi connectivity index (χ0n) is 18.7. The number of aromatic nitrogens is 3. The molecule has 1 aromatic heterocycles. The van der Waals surface area contributed by atoms with Crippen molar-refractivity contribution in [1.29, 1.82) is 0 Å². The molecule has 0 atom stereocenters. The third kappa shape index (κ3) is 5.58. The number of anilines is 1. The number of rotatable bonds is 9. The smallest absolute Gasteiger partial charge is 0.234 e. The third-order valence-corrected chi connectivity index (χ3v) is 7.65. The maximum atomic E-state index is 12.7. The second-order valence-corrected chi connectivity index (χ2v) is 10.7. The Bertz CT molecular complexity index is 1190. The van der Waals surface area contributed by atoms with Gasteiger partial charge < -0.3 is 9.88 Å². The molecular formula is C23H28N4O3S2. The number of thioether (sulfide) groups is 1. The lowest BCUT2D eigenvalue weighted by Crippen LogP contribution is -2.17. The lowest BCUT2D eigenvalue weighted by Gasteiger charge is -2.16. The van der Waals surface area contributed by atoms with Gasteiger partial charge in [0.25, 0.3) is 0 Å². The van der Waals surface area contributed by atoms with Gasteiger partial charge in [-0.2, -0.15) is 0 Å². The molecule has 0 aliphatic heterocycles. The van der Waals surface area contributed by atoms with E-state index in [2.05, 4.69) is 29.4 Å². The highest BCUT2D eigenvalue weighted by atomic mass is 32.2. The molecule has 1 N–H and O–H groups in total. The van der Waals surface area contributed by atoms with Crippen molar-refractivity contribution in [1.82, 2.24) is 14.8 Å². The van der Waals surface area contributed by atoms with Crippen molar-refractivity contribution in [3.05, 3.63) is 65.5 Å². The van der Waals surface area contributed by atoms with Crippen LogP contribution in [0.25, 0.3) is 0 Å². The van der Waals surface area contributed by atoms with Crippen molar-refractivity contribution < 1.29 is 13.2 Å². The number of hydrogen-bond donors (Lipinski definition) is 1. The summed E-state index contributed by atoms with van der Waals surface area (Å²) in [5.74, 6) is 0.409. The van der Waals surface area contributed by atoms with E-state index in [1.54, 1.807) is 34.9 Å². The van der Waals surface area contributed by atoms with Crippen LogP contribution in [0.3, 0.4) is 0 Å². The van der Waals surface area contributed by atoms with Crippen molar-refractivity contribution >= 4 is 33.2 Å². The van der Waals surface area contributed by atoms with Crippen LogP contribution in [-0.2, 0) is 26.9 Å². The van der Waals surface area contributed by atoms with Crippen molar-refractivity contribution in [2.24, 2.45) is 0 Å². The van der Waals surface area contributed by atoms with Crippen LogP contribution in [0.4, 0.5) is 5.69 Å². The lowest BCUT2D eigenvalue weighted by atomic mass is 9.98. The molecule has 0 spiro atoms. The fourth-order valence-corrected chi connectivity index (χ4v) is 5.49. The summed E-state index contributed by atoms with van der Waals surface area (Å²) in [4.78, 5) is 12.9. The second-order valence-electron chi connectivity index (χ2n) is 7.75. The molecule has 0 radical (unpaired) electrons. The molecule has 3 rings (SSSR count). The van der Waals surface area contributed by atoms with Crippen LogP contribution in [0, 0.1) is 6.92 Å². The van der Waals surface area contributed by atoms with E-state index in [1.165, 1.54) is 11.8 Å². The Balaban J connectivity index is 1.71. The number of hydrogen-bond acceptors (Lipinski definition) is 6. The molecule has 1 heterocycles. The number of aryl methyl sites for hydroxylation is 1. The van der Waals surface area contributed by atoms with E-state index in [4.69, 9.17) is 0 Å². The van der Waals surface area contributed by atoms with Crippen LogP contribution in [0.15, 0.2) is 58.6 Å². The number of benzene rings is 2. The van der Waals surface area contributed by atoms with Crippen LogP contribution >= 0.6 is 11.8 Å². The van der Waals surface area contributed by atoms with Crippen LogP contribution in [0.5, 0.6) is 0 Å². The molecular weight excluding hydrogens is 444 g/mol. The van der Waals surface area contributed by atoms with Gasteiger partial charge in [0, 0.05) is 12.2 Å². The molecule has 1 amide bonds. The van der Waals surface area contributed by atoms with Crippen LogP contribution < -0.4 is 5.32 Å². The number of nitrogens with one attached hydrogen (secondary N) is 1. The number of nitrogens with zero attached hydrogens (tertiary/aromatic N) is 3. The minimum Gasteiger partial charge on any atom is -0.325 e. The first-order valence-electron chi connectivity index (χ1n) is 10.4. The van der Waals surface area contributed by atoms with Crippen molar-refractivity contribution in [3.63, 3.8) is 0 Å². The molecule has 0 aliphatic carbocycles. The first-order chi connectivity index (χ1) is 15.2. The lowest BCUT2D eigenvalue weighted by molar-refractivity contribution is -0.113. The Morgan fingerprint density at radius 1 is 1.09 bits per heavy atom. The summed E-state index contributed by atoms with van der Waals surface area (Å²) in [7, 11) is -3.53. The summed E-state index contributed by atoms with van der Waals surface area (Å²) in [5, 5.41) is 11.8. The molecule has 7 nitrogen and oxygen atoms in total. The Kier molecular flexibility index (Phi) is 7.73. The maximum Gasteiger partial charge on any atom is 0.234 e. The topological polar surface area (TPSA) is 93.9 Å². The van der Waals surface area contributed by atoms with Gasteiger partial charge in [0.05, 0.1) is 10.6 Å². The van der Waals surface area contributed by atoms with Gasteiger partial charge in [0.15, 0.2) is 15.0 Å². The van der Waals surface area contributed by atoms with E-state index in [1.807, 2.05) is 32.0 Å². The van der Waals surface area contributed by atoms with E-state index in [-0.39, 0.29) is 28.2 Å². The fourth-order valence-electron chi connectivity index (χ4n) is 3.38. The summed E-state index contributed by atoms with van der Waals surface area (Å²) in [6.07, 6.45) is 0. The summed E-state index contributed by atoms with van der Waals surface area (Å²) in [6.45, 7) is 8.56. The number of sulfone groups is 1. The molecule has 0 fully saturated rings. The first-order valence-corrected chi connectivity index (χ1v) is 13.1. The Morgan fingerprint density at radius 3 is 2.47 bits per heavy atom. The molecule has 0 unspecified atom stereocenters. The molecule has 0 saturated carbocycles. The van der Waals surface area contributed by atoms with Gasteiger partial charge in [-0.15, -0.1) is 10.2 Å². The van der Waals surface area contributed by atoms with E-state index < -0.39 is 9.84 Å². The average molecular weight is 473 g/mol. The third-order valence-electron chi connectivity index (χ3n) is 5.05. The van der Waals surface area contributed by atoms with E-state index in [0.29, 0.717) is 17.5 Å². The van der Waals surface area contributed by atoms with E-state index in [0.717, 1.165) is 16.8 Å². The minimum atomic E-state index is -3.53. The highest BCUT2D eigenvalue weighted by molar-refractivity contribution is 7.99. The van der Waals surface area contributed by atoms with E-state index >= 15 is 0 Å². The average Bonchev–Trinajstić information content (AvgIpc) is 3.14. The Hall–Kier alpha value is -2.65. The van der Waals surface area contributed by atoms with Gasteiger partial charge in [0.2, 0.25) is 5.91 Å². The van der Waals surface area contributed by atoms with Crippen molar-refractivity contribution in [2.75, 3.05) is 11.1 Å². The minimum absolute atomic E-state index is 0.143. The zero-order chi connectivity index (χ0) is 23.3. The molecule has 32 heavy (non-hydrogen) atoms. The molecule has 170 valence electrons. The largest absolute Gasteiger partial charge is 0.325 e. The number of para-hydroxylation sites is 1. The molecule has 2 aromatic carbocycles. The predicted octanol–water partition coefficient (Wildman–Crippen LogP) is 4.43. The van der Waals surface area contributed by atoms with Crippen LogP contribution in [0.2, 0.25) is 0 Å². The molecule has 3 aromatic rings. The van der Waals surface area contributed by atoms with Gasteiger partial charge in [0.1, 0.15) is 11.6 Å². The van der Waals surface area contributed by atoms with Gasteiger partial charge in [-0.1, -0.05) is 62.0 Å². The van der Waals surface area contributed by atoms with Crippen molar-refractivity contribution in [3.8, 4) is 0 Å². The number of amides is 1. The highest BCUT2D eigenvalue weighted by Crippen LogP contribution is 2.28. The normalized spacial score (nSPS) is 11.7. The van der Waals surface area contributed by atoms with Gasteiger partial charge in [-0.3, -0.25) is 4.79 Å². The monoisotopic (exact) mass is 472 g/mol. The Labute approximate surface area is 193 Å². The zero-order valence-corrected chi connectivity index (χ0v) is 20.3. The summed E-state index contributed by atoms with van der Waals surface area (Å²) in [6, 6.07) is 14.3. The molecule has 0 aliphatic rings. The van der Waals surface area contributed by atoms with Gasteiger partial charge in [-0.05, 0) is 43.0 Å². The predicted molar refractivity (Wildman–Crippen MR) is 128 cm³/mol. The van der Waals surface area contributed by atoms with Crippen LogP contribution in [-0.4, -0.2) is 34.8 Å². The summed E-state index contributed by atoms with van der Waals surface area (Å²) >= 11 is 1.24. The summed E-state index contributed by atoms with van der Waals surface area (Å²) < 4.78 is 27.2. The SMILES string of the molecule is CCn1c(CS(=O)(=O)c2ccccc2)nnc1SCC(=O)Nc1c(C)cccc1C(C)C.